The molecule has 254 valence electrons. The van der Waals surface area contributed by atoms with Crippen molar-refractivity contribution in [3.05, 3.63) is 46.6 Å². The molecule has 5 N–H and O–H groups in total. The fourth-order valence-corrected chi connectivity index (χ4v) is 7.05. The molecule has 2 aromatic rings. The van der Waals surface area contributed by atoms with E-state index in [2.05, 4.69) is 35.3 Å². The minimum Gasteiger partial charge on any atom is -0.494 e. The molecule has 0 spiro atoms. The molecule has 15 heteroatoms. The van der Waals surface area contributed by atoms with Gasteiger partial charge in [-0.2, -0.15) is 4.72 Å². The molecule has 0 unspecified atom stereocenters. The minimum atomic E-state index is -4.17. The average molecular weight is 773 g/mol. The molecule has 0 radical (unpaired) electrons. The van der Waals surface area contributed by atoms with Gasteiger partial charge in [0.05, 0.1) is 18.6 Å². The maximum Gasteiger partial charge on any atom is 0.325 e. The van der Waals surface area contributed by atoms with Crippen LogP contribution in [0.1, 0.15) is 60.9 Å². The van der Waals surface area contributed by atoms with E-state index in [-0.39, 0.29) is 36.3 Å². The van der Waals surface area contributed by atoms with Gasteiger partial charge >= 0.3 is 5.97 Å². The maximum atomic E-state index is 13.4. The summed E-state index contributed by atoms with van der Waals surface area (Å²) < 4.78 is 42.7. The number of fused-ring (bicyclic) bond motifs is 1. The summed E-state index contributed by atoms with van der Waals surface area (Å²) in [6.07, 6.45) is 5.28. The fraction of sp³-hybridized carbons (Fsp3) is 0.548. The molecule has 13 nitrogen and oxygen atoms in total. The second-order valence-electron chi connectivity index (χ2n) is 11.1. The number of nitrogens with one attached hydrogen (secondary N) is 5. The molecule has 3 rings (SSSR count). The summed E-state index contributed by atoms with van der Waals surface area (Å²) in [5.41, 5.74) is 3.04. The number of carbonyl (C=O) groups is 3. The highest BCUT2D eigenvalue weighted by atomic mass is 127. The van der Waals surface area contributed by atoms with Gasteiger partial charge in [-0.25, -0.2) is 13.4 Å². The van der Waals surface area contributed by atoms with Gasteiger partial charge in [-0.05, 0) is 87.3 Å². The lowest BCUT2D eigenvalue weighted by Gasteiger charge is -2.20. The number of sulfonamides is 1. The van der Waals surface area contributed by atoms with Crippen LogP contribution >= 0.6 is 22.9 Å². The van der Waals surface area contributed by atoms with E-state index < -0.39 is 22.0 Å². The van der Waals surface area contributed by atoms with E-state index in [0.29, 0.717) is 49.2 Å². The van der Waals surface area contributed by atoms with Crippen molar-refractivity contribution >= 4 is 56.5 Å². The van der Waals surface area contributed by atoms with E-state index in [1.54, 1.807) is 26.0 Å². The molecular formula is C31H45IN6O7S. The minimum absolute atomic E-state index is 0.00863. The van der Waals surface area contributed by atoms with Crippen LogP contribution in [0.5, 0.6) is 5.75 Å². The van der Waals surface area contributed by atoms with Gasteiger partial charge in [-0.1, -0.05) is 6.07 Å². The molecule has 0 fully saturated rings. The molecule has 0 saturated heterocycles. The van der Waals surface area contributed by atoms with E-state index in [1.807, 2.05) is 28.9 Å². The molecule has 2 amide bonds. The molecule has 1 aliphatic heterocycles. The van der Waals surface area contributed by atoms with Gasteiger partial charge in [-0.15, -0.1) is 0 Å². The number of hydrogen-bond donors (Lipinski definition) is 5. The molecule has 1 atom stereocenters. The lowest BCUT2D eigenvalue weighted by Crippen LogP contribution is -2.49. The molecule has 1 aromatic carbocycles. The van der Waals surface area contributed by atoms with Crippen molar-refractivity contribution in [1.82, 2.24) is 23.9 Å². The second kappa shape index (κ2) is 19.0. The van der Waals surface area contributed by atoms with Crippen LogP contribution in [0.25, 0.3) is 0 Å². The Kier molecular flexibility index (Phi) is 15.4. The van der Waals surface area contributed by atoms with Crippen molar-refractivity contribution in [2.45, 2.75) is 76.2 Å². The molecule has 1 aliphatic rings. The number of aromatic nitrogens is 1. The summed E-state index contributed by atoms with van der Waals surface area (Å²) in [5, 5.41) is 8.78. The highest BCUT2D eigenvalue weighted by Crippen LogP contribution is 2.26. The van der Waals surface area contributed by atoms with Gasteiger partial charge in [0.15, 0.2) is 0 Å². The Morgan fingerprint density at radius 2 is 1.74 bits per heavy atom. The third-order valence-electron chi connectivity index (χ3n) is 7.39. The lowest BCUT2D eigenvalue weighted by molar-refractivity contribution is -0.142. The van der Waals surface area contributed by atoms with Gasteiger partial charge in [0.25, 0.3) is 0 Å². The second-order valence-corrected chi connectivity index (χ2v) is 13.5. The van der Waals surface area contributed by atoms with Crippen LogP contribution in [0, 0.1) is 13.8 Å². The lowest BCUT2D eigenvalue weighted by atomic mass is 10.1. The number of ether oxygens (including phenoxy) is 2. The number of nitrogens with zero attached hydrogens (tertiary/aromatic N) is 1. The summed E-state index contributed by atoms with van der Waals surface area (Å²) in [7, 11) is -3.02. The van der Waals surface area contributed by atoms with E-state index in [9.17, 15) is 22.8 Å². The van der Waals surface area contributed by atoms with Crippen molar-refractivity contribution in [2.75, 3.05) is 45.2 Å². The summed E-state index contributed by atoms with van der Waals surface area (Å²) in [4.78, 5) is 41.6. The third kappa shape index (κ3) is 12.0. The van der Waals surface area contributed by atoms with Gasteiger partial charge < -0.3 is 25.4 Å². The maximum absolute atomic E-state index is 13.4. The van der Waals surface area contributed by atoms with Crippen LogP contribution in [0.3, 0.4) is 0 Å². The van der Waals surface area contributed by atoms with Crippen molar-refractivity contribution in [2.24, 2.45) is 0 Å². The van der Waals surface area contributed by atoms with Crippen molar-refractivity contribution in [3.8, 4) is 5.75 Å². The highest BCUT2D eigenvalue weighted by Gasteiger charge is 2.29. The Hall–Kier alpha value is -3.02. The first-order valence-corrected chi connectivity index (χ1v) is 18.0. The standard InChI is InChI=1S/C31H45IN6O7S/c1-21-18-25(45-17-7-11-27(39)33-15-16-36-32)19-22(2)29(21)46(42,43)38-26(31(41)44-3)20-35-28(40)10-5-4-9-24-13-12-23-8-6-14-34-30(23)37-24/h12-13,18-19,26,36,38H,4-11,14-17,20H2,1-3H3,(H,33,39)(H,34,37)(H,35,40)/t26-/m1/s1. The Balaban J connectivity index is 1.49. The number of unbranched alkanes of at least 4 members (excludes halogenated alkanes) is 1. The van der Waals surface area contributed by atoms with Crippen molar-refractivity contribution in [1.29, 1.82) is 0 Å². The largest absolute Gasteiger partial charge is 0.494 e. The number of anilines is 1. The van der Waals surface area contributed by atoms with Crippen LogP contribution in [0.2, 0.25) is 0 Å². The predicted octanol–water partition coefficient (Wildman–Crippen LogP) is 2.62. The van der Waals surface area contributed by atoms with Gasteiger partial charge in [0, 0.05) is 67.6 Å². The monoisotopic (exact) mass is 772 g/mol. The normalized spacial score (nSPS) is 13.2. The first kappa shape index (κ1) is 37.4. The quantitative estimate of drug-likeness (QED) is 0.0618. The van der Waals surface area contributed by atoms with E-state index in [1.165, 1.54) is 5.56 Å². The van der Waals surface area contributed by atoms with E-state index >= 15 is 0 Å². The number of rotatable bonds is 19. The molecule has 46 heavy (non-hydrogen) atoms. The number of amides is 2. The molecular weight excluding hydrogens is 727 g/mol. The molecule has 2 heterocycles. The number of halogens is 1. The number of pyridine rings is 1. The fourth-order valence-electron chi connectivity index (χ4n) is 5.14. The summed E-state index contributed by atoms with van der Waals surface area (Å²) in [6.45, 7) is 5.43. The number of esters is 1. The molecule has 0 aliphatic carbocycles. The Morgan fingerprint density at radius 1 is 1.02 bits per heavy atom. The predicted molar refractivity (Wildman–Crippen MR) is 183 cm³/mol. The average Bonchev–Trinajstić information content (AvgIpc) is 3.02. The topological polar surface area (TPSA) is 177 Å². The number of benzene rings is 1. The first-order valence-electron chi connectivity index (χ1n) is 15.5. The third-order valence-corrected chi connectivity index (χ3v) is 9.70. The summed E-state index contributed by atoms with van der Waals surface area (Å²) in [6, 6.07) is 6.01. The molecule has 1 aromatic heterocycles. The Morgan fingerprint density at radius 3 is 2.46 bits per heavy atom. The number of aryl methyl sites for hydroxylation is 4. The van der Waals surface area contributed by atoms with Crippen molar-refractivity contribution in [3.63, 3.8) is 0 Å². The van der Waals surface area contributed by atoms with Crippen LogP contribution in [-0.4, -0.2) is 77.1 Å². The number of methoxy groups -OCH3 is 1. The SMILES string of the molecule is COC(=O)[C@@H](CNC(=O)CCCCc1ccc2c(n1)NCCC2)NS(=O)(=O)c1c(C)cc(OCCCC(=O)NCCNI)cc1C. The van der Waals surface area contributed by atoms with Gasteiger partial charge in [-0.3, -0.25) is 17.9 Å². The smallest absolute Gasteiger partial charge is 0.325 e. The summed E-state index contributed by atoms with van der Waals surface area (Å²) in [5.74, 6) is 0.237. The van der Waals surface area contributed by atoms with Crippen molar-refractivity contribution < 1.29 is 32.3 Å². The van der Waals surface area contributed by atoms with Crippen LogP contribution < -0.4 is 28.9 Å². The highest BCUT2D eigenvalue weighted by molar-refractivity contribution is 14.1. The molecule has 0 bridgehead atoms. The number of hydrogen-bond acceptors (Lipinski definition) is 10. The Labute approximate surface area is 285 Å². The van der Waals surface area contributed by atoms with Crippen LogP contribution in [0.15, 0.2) is 29.2 Å². The van der Waals surface area contributed by atoms with Crippen LogP contribution in [-0.2, 0) is 42.0 Å². The zero-order chi connectivity index (χ0) is 33.5. The number of carbonyl (C=O) groups excluding carboxylic acids is 3. The Bertz CT molecular complexity index is 1430. The van der Waals surface area contributed by atoms with Gasteiger partial charge in [0.2, 0.25) is 21.8 Å². The van der Waals surface area contributed by atoms with E-state index in [4.69, 9.17) is 9.47 Å². The first-order chi connectivity index (χ1) is 22.0. The zero-order valence-electron chi connectivity index (χ0n) is 26.7. The zero-order valence-corrected chi connectivity index (χ0v) is 29.6. The summed E-state index contributed by atoms with van der Waals surface area (Å²) >= 11 is 2.01. The molecule has 0 saturated carbocycles. The van der Waals surface area contributed by atoms with Crippen LogP contribution in [0.4, 0.5) is 5.82 Å². The van der Waals surface area contributed by atoms with E-state index in [0.717, 1.165) is 50.8 Å². The van der Waals surface area contributed by atoms with Gasteiger partial charge in [0.1, 0.15) is 17.6 Å².